The van der Waals surface area contributed by atoms with Crippen LogP contribution >= 0.6 is 0 Å². The number of nitrogens with one attached hydrogen (secondary N) is 1. The Bertz CT molecular complexity index is 1220. The maximum atomic E-state index is 14.6. The lowest BCUT2D eigenvalue weighted by molar-refractivity contribution is 0.112. The number of benzene rings is 1. The molecule has 5 rings (SSSR count). The minimum Gasteiger partial charge on any atom is -0.381 e. The molecule has 0 saturated carbocycles. The Morgan fingerprint density at radius 3 is 2.96 bits per heavy atom. The number of hydrogen-bond donors (Lipinski definition) is 1. The zero-order valence-electron chi connectivity index (χ0n) is 15.2. The number of halogens is 1. The largest absolute Gasteiger partial charge is 0.381 e. The summed E-state index contributed by atoms with van der Waals surface area (Å²) in [6.07, 6.45) is 3.19. The molecule has 3 aromatic heterocycles. The van der Waals surface area contributed by atoms with E-state index in [0.29, 0.717) is 17.8 Å². The van der Waals surface area contributed by atoms with Gasteiger partial charge in [-0.15, -0.1) is 0 Å². The molecular formula is C21H19FN4O. The van der Waals surface area contributed by atoms with Crippen LogP contribution < -0.4 is 5.32 Å². The normalized spacial score (nSPS) is 16.0. The van der Waals surface area contributed by atoms with Crippen LogP contribution in [0.3, 0.4) is 0 Å². The second kappa shape index (κ2) is 5.67. The molecule has 1 aliphatic rings. The third kappa shape index (κ3) is 2.16. The molecule has 0 aliphatic carbocycles. The molecule has 0 amide bonds. The highest BCUT2D eigenvalue weighted by molar-refractivity contribution is 5.97. The van der Waals surface area contributed by atoms with E-state index in [2.05, 4.69) is 40.1 Å². The van der Waals surface area contributed by atoms with E-state index in [1.54, 1.807) is 6.20 Å². The summed E-state index contributed by atoms with van der Waals surface area (Å²) in [5, 5.41) is 9.31. The van der Waals surface area contributed by atoms with Crippen molar-refractivity contribution < 1.29 is 9.18 Å². The van der Waals surface area contributed by atoms with E-state index in [1.807, 2.05) is 13.0 Å². The molecule has 1 unspecified atom stereocenters. The van der Waals surface area contributed by atoms with Crippen LogP contribution in [0.5, 0.6) is 0 Å². The summed E-state index contributed by atoms with van der Waals surface area (Å²) >= 11 is 0. The maximum absolute atomic E-state index is 14.6. The van der Waals surface area contributed by atoms with E-state index >= 15 is 0 Å². The number of aromatic nitrogens is 3. The summed E-state index contributed by atoms with van der Waals surface area (Å²) in [5.74, 6) is -0.431. The first-order valence-corrected chi connectivity index (χ1v) is 9.14. The van der Waals surface area contributed by atoms with Crippen LogP contribution in [0.15, 0.2) is 36.5 Å². The first-order valence-electron chi connectivity index (χ1n) is 9.14. The second-order valence-corrected chi connectivity index (χ2v) is 7.09. The Labute approximate surface area is 155 Å². The number of anilines is 1. The first-order chi connectivity index (χ1) is 13.1. The molecule has 0 radical (unpaired) electrons. The van der Waals surface area contributed by atoms with Gasteiger partial charge in [0.25, 0.3) is 0 Å². The molecule has 0 spiro atoms. The van der Waals surface area contributed by atoms with Crippen LogP contribution in [0.4, 0.5) is 10.1 Å². The standard InChI is InChI=1S/C21H19FN4O/c1-3-15-9-23-17-6-4-5-14-8-18(26(15)21(14)17)19-12(2)20-16(22)7-13(11-27)10-25(20)24-19/h4-8,10-11,15,23H,3,9H2,1-2H3. The van der Waals surface area contributed by atoms with Gasteiger partial charge < -0.3 is 9.88 Å². The third-order valence-electron chi connectivity index (χ3n) is 5.54. The van der Waals surface area contributed by atoms with Crippen molar-refractivity contribution in [3.63, 3.8) is 0 Å². The van der Waals surface area contributed by atoms with E-state index in [1.165, 1.54) is 10.6 Å². The van der Waals surface area contributed by atoms with Gasteiger partial charge in [-0.25, -0.2) is 8.91 Å². The molecule has 5 nitrogen and oxygen atoms in total. The number of carbonyl (C=O) groups is 1. The highest BCUT2D eigenvalue weighted by Gasteiger charge is 2.26. The number of aldehydes is 1. The molecular weight excluding hydrogens is 343 g/mol. The summed E-state index contributed by atoms with van der Waals surface area (Å²) in [5.41, 5.74) is 5.47. The average Bonchev–Trinajstić information content (AvgIpc) is 3.22. The van der Waals surface area contributed by atoms with E-state index in [4.69, 9.17) is 0 Å². The lowest BCUT2D eigenvalue weighted by Crippen LogP contribution is -2.23. The molecule has 1 aliphatic heterocycles. The van der Waals surface area contributed by atoms with Crippen LogP contribution in [0, 0.1) is 12.7 Å². The van der Waals surface area contributed by atoms with Crippen molar-refractivity contribution in [3.05, 3.63) is 53.5 Å². The van der Waals surface area contributed by atoms with Crippen LogP contribution in [-0.4, -0.2) is 27.0 Å². The van der Waals surface area contributed by atoms with Crippen molar-refractivity contribution in [3.8, 4) is 11.4 Å². The van der Waals surface area contributed by atoms with Crippen molar-refractivity contribution in [2.45, 2.75) is 26.3 Å². The SMILES string of the molecule is CCC1CNc2cccc3cc(-c4nn5cc(C=O)cc(F)c5c4C)n1c23. The maximum Gasteiger partial charge on any atom is 0.151 e. The van der Waals surface area contributed by atoms with E-state index < -0.39 is 5.82 Å². The summed E-state index contributed by atoms with van der Waals surface area (Å²) < 4.78 is 18.4. The summed E-state index contributed by atoms with van der Waals surface area (Å²) in [6, 6.07) is 9.90. The Balaban J connectivity index is 1.85. The second-order valence-electron chi connectivity index (χ2n) is 7.09. The number of aryl methyl sites for hydroxylation is 1. The van der Waals surface area contributed by atoms with Gasteiger partial charge in [-0.1, -0.05) is 19.1 Å². The predicted octanol–water partition coefficient (Wildman–Crippen LogP) is 4.59. The number of para-hydroxylation sites is 1. The number of carbonyl (C=O) groups excluding carboxylic acids is 1. The molecule has 27 heavy (non-hydrogen) atoms. The minimum atomic E-state index is -0.431. The van der Waals surface area contributed by atoms with Gasteiger partial charge in [0.2, 0.25) is 0 Å². The van der Waals surface area contributed by atoms with Gasteiger partial charge in [0.05, 0.1) is 22.9 Å². The monoisotopic (exact) mass is 362 g/mol. The number of fused-ring (bicyclic) bond motifs is 1. The average molecular weight is 362 g/mol. The van der Waals surface area contributed by atoms with Gasteiger partial charge in [0.1, 0.15) is 17.0 Å². The van der Waals surface area contributed by atoms with Crippen LogP contribution in [-0.2, 0) is 0 Å². The van der Waals surface area contributed by atoms with Gasteiger partial charge in [0, 0.05) is 29.3 Å². The molecule has 1 aromatic carbocycles. The number of pyridine rings is 1. The van der Waals surface area contributed by atoms with Crippen molar-refractivity contribution in [1.82, 2.24) is 14.2 Å². The number of hydrogen-bond acceptors (Lipinski definition) is 3. The Morgan fingerprint density at radius 1 is 1.33 bits per heavy atom. The van der Waals surface area contributed by atoms with Crippen LogP contribution in [0.2, 0.25) is 0 Å². The lowest BCUT2D eigenvalue weighted by Gasteiger charge is -2.28. The molecule has 1 atom stereocenters. The van der Waals surface area contributed by atoms with Gasteiger partial charge in [-0.3, -0.25) is 4.79 Å². The topological polar surface area (TPSA) is 51.3 Å². The van der Waals surface area contributed by atoms with Gasteiger partial charge in [0.15, 0.2) is 6.29 Å². The quantitative estimate of drug-likeness (QED) is 0.542. The summed E-state index contributed by atoms with van der Waals surface area (Å²) in [6.45, 7) is 4.90. The van der Waals surface area contributed by atoms with Crippen molar-refractivity contribution >= 4 is 28.4 Å². The van der Waals surface area contributed by atoms with Crippen LogP contribution in [0.25, 0.3) is 27.8 Å². The zero-order chi connectivity index (χ0) is 18.7. The van der Waals surface area contributed by atoms with Gasteiger partial charge in [-0.05, 0) is 31.5 Å². The Morgan fingerprint density at radius 2 is 2.19 bits per heavy atom. The molecule has 4 aromatic rings. The third-order valence-corrected chi connectivity index (χ3v) is 5.54. The van der Waals surface area contributed by atoms with Gasteiger partial charge in [-0.2, -0.15) is 5.10 Å². The lowest BCUT2D eigenvalue weighted by atomic mass is 10.1. The molecule has 0 fully saturated rings. The molecule has 0 bridgehead atoms. The van der Waals surface area contributed by atoms with Gasteiger partial charge >= 0.3 is 0 Å². The highest BCUT2D eigenvalue weighted by Crippen LogP contribution is 2.40. The fraction of sp³-hybridized carbons (Fsp3) is 0.238. The van der Waals surface area contributed by atoms with E-state index in [9.17, 15) is 9.18 Å². The van der Waals surface area contributed by atoms with Crippen molar-refractivity contribution in [1.29, 1.82) is 0 Å². The Kier molecular flexibility index (Phi) is 3.37. The zero-order valence-corrected chi connectivity index (χ0v) is 15.2. The van der Waals surface area contributed by atoms with Crippen molar-refractivity contribution in [2.75, 3.05) is 11.9 Å². The van der Waals surface area contributed by atoms with E-state index in [-0.39, 0.29) is 5.56 Å². The molecule has 6 heteroatoms. The summed E-state index contributed by atoms with van der Waals surface area (Å²) in [7, 11) is 0. The smallest absolute Gasteiger partial charge is 0.151 e. The molecule has 4 heterocycles. The number of nitrogens with zero attached hydrogens (tertiary/aromatic N) is 3. The first kappa shape index (κ1) is 16.1. The Hall–Kier alpha value is -3.15. The van der Waals surface area contributed by atoms with Crippen LogP contribution in [0.1, 0.15) is 35.3 Å². The molecule has 136 valence electrons. The highest BCUT2D eigenvalue weighted by atomic mass is 19.1. The fourth-order valence-electron chi connectivity index (χ4n) is 4.23. The molecule has 1 N–H and O–H groups in total. The molecule has 0 saturated heterocycles. The summed E-state index contributed by atoms with van der Waals surface area (Å²) in [4.78, 5) is 11.1. The minimum absolute atomic E-state index is 0.272. The number of rotatable bonds is 3. The van der Waals surface area contributed by atoms with Crippen molar-refractivity contribution in [2.24, 2.45) is 0 Å². The fourth-order valence-corrected chi connectivity index (χ4v) is 4.23. The van der Waals surface area contributed by atoms with E-state index in [0.717, 1.165) is 46.5 Å². The predicted molar refractivity (Wildman–Crippen MR) is 104 cm³/mol.